The van der Waals surface area contributed by atoms with Crippen molar-refractivity contribution in [1.29, 1.82) is 0 Å². The van der Waals surface area contributed by atoms with Gasteiger partial charge in [-0.15, -0.1) is 0 Å². The lowest BCUT2D eigenvalue weighted by Crippen LogP contribution is -2.45. The van der Waals surface area contributed by atoms with Crippen molar-refractivity contribution in [3.8, 4) is 0 Å². The summed E-state index contributed by atoms with van der Waals surface area (Å²) in [5.74, 6) is -0.885. The van der Waals surface area contributed by atoms with Crippen molar-refractivity contribution in [2.24, 2.45) is 0 Å². The van der Waals surface area contributed by atoms with Gasteiger partial charge in [0.2, 0.25) is 5.91 Å². The van der Waals surface area contributed by atoms with E-state index in [0.29, 0.717) is 6.61 Å². The highest BCUT2D eigenvalue weighted by Gasteiger charge is 2.22. The topological polar surface area (TPSA) is 58.6 Å². The molecule has 1 aromatic rings. The molecule has 2 atom stereocenters. The average molecular weight is 310 g/mol. The zero-order chi connectivity index (χ0) is 16.7. The molecule has 0 aliphatic rings. The molecule has 1 N–H and O–H groups in total. The summed E-state index contributed by atoms with van der Waals surface area (Å²) in [5.41, 5.74) is 0.815. The first kappa shape index (κ1) is 18.1. The van der Waals surface area contributed by atoms with E-state index in [2.05, 4.69) is 5.32 Å². The minimum absolute atomic E-state index is 0.0490. The lowest BCUT2D eigenvalue weighted by Gasteiger charge is -2.24. The van der Waals surface area contributed by atoms with Crippen molar-refractivity contribution < 1.29 is 18.7 Å². The van der Waals surface area contributed by atoms with Gasteiger partial charge < -0.3 is 10.1 Å². The average Bonchev–Trinajstić information content (AvgIpc) is 2.47. The standard InChI is InChI=1S/C16H23FN2O3/c1-5-22-15(20)10-19(4)12(3)16(21)18-11(2)13-6-8-14(17)9-7-13/h6-9,11-12H,5,10H2,1-4H3,(H,18,21). The van der Waals surface area contributed by atoms with E-state index in [0.717, 1.165) is 5.56 Å². The van der Waals surface area contributed by atoms with Crippen LogP contribution in [0.25, 0.3) is 0 Å². The van der Waals surface area contributed by atoms with E-state index in [1.807, 2.05) is 6.92 Å². The van der Waals surface area contributed by atoms with Crippen LogP contribution in [0, 0.1) is 5.82 Å². The zero-order valence-electron chi connectivity index (χ0n) is 13.4. The van der Waals surface area contributed by atoms with E-state index in [9.17, 15) is 14.0 Å². The number of ether oxygens (including phenoxy) is 1. The molecule has 6 heteroatoms. The van der Waals surface area contributed by atoms with E-state index in [4.69, 9.17) is 4.74 Å². The van der Waals surface area contributed by atoms with Crippen LogP contribution in [0.1, 0.15) is 32.4 Å². The highest BCUT2D eigenvalue weighted by atomic mass is 19.1. The lowest BCUT2D eigenvalue weighted by atomic mass is 10.1. The van der Waals surface area contributed by atoms with Crippen LogP contribution in [0.3, 0.4) is 0 Å². The van der Waals surface area contributed by atoms with Gasteiger partial charge in [-0.25, -0.2) is 4.39 Å². The van der Waals surface area contributed by atoms with E-state index in [1.165, 1.54) is 12.1 Å². The Kier molecular flexibility index (Phi) is 6.98. The Hall–Kier alpha value is -1.95. The molecule has 0 radical (unpaired) electrons. The SMILES string of the molecule is CCOC(=O)CN(C)C(C)C(=O)NC(C)c1ccc(F)cc1. The quantitative estimate of drug-likeness (QED) is 0.781. The summed E-state index contributed by atoms with van der Waals surface area (Å²) in [4.78, 5) is 25.2. The number of rotatable bonds is 7. The largest absolute Gasteiger partial charge is 0.465 e. The molecular weight excluding hydrogens is 287 g/mol. The molecule has 1 amide bonds. The van der Waals surface area contributed by atoms with Gasteiger partial charge >= 0.3 is 5.97 Å². The van der Waals surface area contributed by atoms with Crippen molar-refractivity contribution in [1.82, 2.24) is 10.2 Å². The molecule has 0 aliphatic heterocycles. The number of benzene rings is 1. The minimum Gasteiger partial charge on any atom is -0.465 e. The van der Waals surface area contributed by atoms with Gasteiger partial charge in [-0.2, -0.15) is 0 Å². The van der Waals surface area contributed by atoms with Crippen molar-refractivity contribution in [3.05, 3.63) is 35.6 Å². The fourth-order valence-corrected chi connectivity index (χ4v) is 1.92. The highest BCUT2D eigenvalue weighted by molar-refractivity contribution is 5.82. The van der Waals surface area contributed by atoms with Crippen LogP contribution in [-0.4, -0.2) is 43.0 Å². The summed E-state index contributed by atoms with van der Waals surface area (Å²) in [5, 5.41) is 2.85. The van der Waals surface area contributed by atoms with Gasteiger partial charge in [-0.3, -0.25) is 14.5 Å². The molecule has 1 rings (SSSR count). The van der Waals surface area contributed by atoms with Crippen molar-refractivity contribution >= 4 is 11.9 Å². The first-order valence-electron chi connectivity index (χ1n) is 7.26. The molecule has 22 heavy (non-hydrogen) atoms. The molecule has 0 aromatic heterocycles. The molecule has 0 spiro atoms. The predicted octanol–water partition coefficient (Wildman–Crippen LogP) is 1.89. The summed E-state index contributed by atoms with van der Waals surface area (Å²) in [6, 6.07) is 5.25. The minimum atomic E-state index is -0.479. The van der Waals surface area contributed by atoms with Gasteiger partial charge in [0.05, 0.1) is 25.2 Å². The number of nitrogens with one attached hydrogen (secondary N) is 1. The predicted molar refractivity (Wildman–Crippen MR) is 81.7 cm³/mol. The summed E-state index contributed by atoms with van der Waals surface area (Å²) >= 11 is 0. The third-order valence-electron chi connectivity index (χ3n) is 3.45. The molecule has 0 fully saturated rings. The van der Waals surface area contributed by atoms with Gasteiger partial charge in [0.15, 0.2) is 0 Å². The Labute approximate surface area is 130 Å². The van der Waals surface area contributed by atoms with Crippen LogP contribution < -0.4 is 5.32 Å². The molecule has 5 nitrogen and oxygen atoms in total. The fraction of sp³-hybridized carbons (Fsp3) is 0.500. The Balaban J connectivity index is 2.55. The first-order chi connectivity index (χ1) is 10.3. The number of likely N-dealkylation sites (N-methyl/N-ethyl adjacent to an activating group) is 1. The second kappa shape index (κ2) is 8.48. The van der Waals surface area contributed by atoms with Gasteiger partial charge in [0, 0.05) is 0 Å². The van der Waals surface area contributed by atoms with Crippen LogP contribution in [0.2, 0.25) is 0 Å². The van der Waals surface area contributed by atoms with Gasteiger partial charge in [-0.1, -0.05) is 12.1 Å². The number of halogens is 1. The lowest BCUT2D eigenvalue weighted by molar-refractivity contribution is -0.145. The summed E-state index contributed by atoms with van der Waals surface area (Å²) < 4.78 is 17.7. The number of esters is 1. The van der Waals surface area contributed by atoms with Gasteiger partial charge in [0.25, 0.3) is 0 Å². The van der Waals surface area contributed by atoms with Crippen LogP contribution in [-0.2, 0) is 14.3 Å². The van der Waals surface area contributed by atoms with Crippen LogP contribution >= 0.6 is 0 Å². The first-order valence-corrected chi connectivity index (χ1v) is 7.26. The molecule has 1 aromatic carbocycles. The van der Waals surface area contributed by atoms with Crippen molar-refractivity contribution in [2.75, 3.05) is 20.2 Å². The number of amides is 1. The van der Waals surface area contributed by atoms with Gasteiger partial charge in [0.1, 0.15) is 5.82 Å². The second-order valence-electron chi connectivity index (χ2n) is 5.18. The maximum Gasteiger partial charge on any atom is 0.320 e. The molecule has 0 aliphatic carbocycles. The Bertz CT molecular complexity index is 505. The number of carbonyl (C=O) groups is 2. The summed E-state index contributed by atoms with van der Waals surface area (Å²) in [6.45, 7) is 5.63. The van der Waals surface area contributed by atoms with E-state index < -0.39 is 6.04 Å². The summed E-state index contributed by atoms with van der Waals surface area (Å²) in [6.07, 6.45) is 0. The van der Waals surface area contributed by atoms with Crippen LogP contribution in [0.5, 0.6) is 0 Å². The molecule has 0 bridgehead atoms. The Morgan fingerprint density at radius 3 is 2.41 bits per heavy atom. The number of hydrogen-bond donors (Lipinski definition) is 1. The molecule has 122 valence electrons. The van der Waals surface area contributed by atoms with Gasteiger partial charge in [-0.05, 0) is 45.5 Å². The number of nitrogens with zero attached hydrogens (tertiary/aromatic N) is 1. The van der Waals surface area contributed by atoms with Crippen LogP contribution in [0.15, 0.2) is 24.3 Å². The van der Waals surface area contributed by atoms with Crippen molar-refractivity contribution in [2.45, 2.75) is 32.9 Å². The van der Waals surface area contributed by atoms with Crippen LogP contribution in [0.4, 0.5) is 4.39 Å². The molecule has 0 heterocycles. The number of carbonyl (C=O) groups excluding carboxylic acids is 2. The molecular formula is C16H23FN2O3. The number of hydrogen-bond acceptors (Lipinski definition) is 4. The highest BCUT2D eigenvalue weighted by Crippen LogP contribution is 2.13. The second-order valence-corrected chi connectivity index (χ2v) is 5.18. The maximum atomic E-state index is 12.9. The maximum absolute atomic E-state index is 12.9. The molecule has 0 saturated heterocycles. The third-order valence-corrected chi connectivity index (χ3v) is 3.45. The monoisotopic (exact) mass is 310 g/mol. The zero-order valence-corrected chi connectivity index (χ0v) is 13.4. The molecule has 0 saturated carbocycles. The molecule has 2 unspecified atom stereocenters. The fourth-order valence-electron chi connectivity index (χ4n) is 1.92. The Morgan fingerprint density at radius 1 is 1.27 bits per heavy atom. The van der Waals surface area contributed by atoms with E-state index in [-0.39, 0.29) is 30.3 Å². The van der Waals surface area contributed by atoms with Crippen molar-refractivity contribution in [3.63, 3.8) is 0 Å². The van der Waals surface area contributed by atoms with E-state index in [1.54, 1.807) is 37.9 Å². The van der Waals surface area contributed by atoms with E-state index >= 15 is 0 Å². The third kappa shape index (κ3) is 5.44. The normalized spacial score (nSPS) is 13.5. The summed E-state index contributed by atoms with van der Waals surface area (Å²) in [7, 11) is 1.68. The smallest absolute Gasteiger partial charge is 0.320 e. The Morgan fingerprint density at radius 2 is 1.86 bits per heavy atom.